The quantitative estimate of drug-likeness (QED) is 0.798. The van der Waals surface area contributed by atoms with E-state index >= 15 is 0 Å². The van der Waals surface area contributed by atoms with Crippen LogP contribution in [0.15, 0.2) is 59.6 Å². The third kappa shape index (κ3) is 2.81. The van der Waals surface area contributed by atoms with E-state index in [1.54, 1.807) is 30.7 Å². The van der Waals surface area contributed by atoms with Crippen LogP contribution in [0.3, 0.4) is 0 Å². The number of anilines is 1. The summed E-state index contributed by atoms with van der Waals surface area (Å²) in [5.41, 5.74) is 3.13. The van der Waals surface area contributed by atoms with Crippen molar-refractivity contribution in [2.45, 2.75) is 6.92 Å². The lowest BCUT2D eigenvalue weighted by Gasteiger charge is -2.08. The molecule has 0 spiro atoms. The maximum absolute atomic E-state index is 12.1. The lowest BCUT2D eigenvalue weighted by Crippen LogP contribution is -2.11. The maximum Gasteiger partial charge on any atom is 0.255 e. The Morgan fingerprint density at radius 3 is 2.67 bits per heavy atom. The lowest BCUT2D eigenvalue weighted by molar-refractivity contribution is 0.102. The van der Waals surface area contributed by atoms with E-state index < -0.39 is 0 Å². The van der Waals surface area contributed by atoms with Crippen molar-refractivity contribution in [3.8, 4) is 11.5 Å². The molecule has 0 bridgehead atoms. The summed E-state index contributed by atoms with van der Waals surface area (Å²) in [6, 6.07) is 8.94. The molecule has 0 atom stereocenters. The number of benzene rings is 1. The molecule has 0 aliphatic rings. The maximum atomic E-state index is 12.1. The summed E-state index contributed by atoms with van der Waals surface area (Å²) in [5, 5.41) is 2.85. The van der Waals surface area contributed by atoms with Gasteiger partial charge in [0, 0.05) is 29.2 Å². The van der Waals surface area contributed by atoms with E-state index in [0.717, 1.165) is 11.1 Å². The first-order valence-electron chi connectivity index (χ1n) is 6.46. The second-order valence-corrected chi connectivity index (χ2v) is 4.56. The Kier molecular flexibility index (Phi) is 3.47. The molecule has 5 nitrogen and oxygen atoms in total. The first kappa shape index (κ1) is 13.1. The third-order valence-electron chi connectivity index (χ3n) is 3.10. The predicted molar refractivity (Wildman–Crippen MR) is 78.9 cm³/mol. The molecule has 21 heavy (non-hydrogen) atoms. The van der Waals surface area contributed by atoms with E-state index in [2.05, 4.69) is 15.3 Å². The number of carbonyl (C=O) groups is 1. The van der Waals surface area contributed by atoms with Gasteiger partial charge in [-0.05, 0) is 36.8 Å². The number of hydrogen-bond acceptors (Lipinski definition) is 4. The zero-order chi connectivity index (χ0) is 14.7. The minimum atomic E-state index is -0.181. The number of aryl methyl sites for hydroxylation is 1. The Morgan fingerprint density at radius 2 is 1.95 bits per heavy atom. The molecular weight excluding hydrogens is 266 g/mol. The van der Waals surface area contributed by atoms with Gasteiger partial charge in [-0.25, -0.2) is 4.98 Å². The monoisotopic (exact) mass is 279 g/mol. The number of amides is 1. The summed E-state index contributed by atoms with van der Waals surface area (Å²) in [5.74, 6) is 0.354. The van der Waals surface area contributed by atoms with Crippen LogP contribution in [-0.2, 0) is 0 Å². The van der Waals surface area contributed by atoms with Crippen LogP contribution in [-0.4, -0.2) is 15.9 Å². The van der Waals surface area contributed by atoms with Crippen LogP contribution in [0.2, 0.25) is 0 Å². The van der Waals surface area contributed by atoms with Gasteiger partial charge in [-0.1, -0.05) is 6.07 Å². The van der Waals surface area contributed by atoms with Crippen LogP contribution < -0.4 is 5.32 Å². The number of hydrogen-bond donors (Lipinski definition) is 1. The van der Waals surface area contributed by atoms with Gasteiger partial charge in [-0.15, -0.1) is 0 Å². The molecule has 2 aromatic heterocycles. The number of rotatable bonds is 3. The number of nitrogens with zero attached hydrogens (tertiary/aromatic N) is 2. The molecule has 1 N–H and O–H groups in total. The summed E-state index contributed by atoms with van der Waals surface area (Å²) in [6.45, 7) is 1.97. The SMILES string of the molecule is Cc1ccc(NC(=O)c2ccncc2)cc1-c1ncco1. The molecule has 0 unspecified atom stereocenters. The fraction of sp³-hybridized carbons (Fsp3) is 0.0625. The number of pyridine rings is 1. The van der Waals surface area contributed by atoms with Crippen molar-refractivity contribution in [3.63, 3.8) is 0 Å². The molecule has 104 valence electrons. The molecular formula is C16H13N3O2. The van der Waals surface area contributed by atoms with Crippen LogP contribution >= 0.6 is 0 Å². The van der Waals surface area contributed by atoms with Crippen LogP contribution in [0.5, 0.6) is 0 Å². The van der Waals surface area contributed by atoms with Crippen LogP contribution in [0.1, 0.15) is 15.9 Å². The fourth-order valence-corrected chi connectivity index (χ4v) is 1.99. The minimum absolute atomic E-state index is 0.181. The van der Waals surface area contributed by atoms with Crippen molar-refractivity contribution < 1.29 is 9.21 Å². The highest BCUT2D eigenvalue weighted by Gasteiger charge is 2.10. The third-order valence-corrected chi connectivity index (χ3v) is 3.10. The van der Waals surface area contributed by atoms with Crippen molar-refractivity contribution in [3.05, 3.63) is 66.3 Å². The Bertz CT molecular complexity index is 752. The second-order valence-electron chi connectivity index (χ2n) is 4.56. The van der Waals surface area contributed by atoms with Crippen molar-refractivity contribution in [2.75, 3.05) is 5.32 Å². The van der Waals surface area contributed by atoms with Gasteiger partial charge in [-0.2, -0.15) is 0 Å². The molecule has 0 saturated carbocycles. The molecule has 2 heterocycles. The van der Waals surface area contributed by atoms with Crippen molar-refractivity contribution in [1.29, 1.82) is 0 Å². The Balaban J connectivity index is 1.87. The van der Waals surface area contributed by atoms with Crippen LogP contribution in [0.4, 0.5) is 5.69 Å². The summed E-state index contributed by atoms with van der Waals surface area (Å²) < 4.78 is 5.31. The topological polar surface area (TPSA) is 68.0 Å². The molecule has 0 fully saturated rings. The first-order chi connectivity index (χ1) is 10.2. The smallest absolute Gasteiger partial charge is 0.255 e. The summed E-state index contributed by atoms with van der Waals surface area (Å²) >= 11 is 0. The summed E-state index contributed by atoms with van der Waals surface area (Å²) in [7, 11) is 0. The Labute approximate surface area is 121 Å². The van der Waals surface area contributed by atoms with E-state index in [1.807, 2.05) is 25.1 Å². The van der Waals surface area contributed by atoms with Gasteiger partial charge in [0.15, 0.2) is 0 Å². The largest absolute Gasteiger partial charge is 0.445 e. The molecule has 3 aromatic rings. The van der Waals surface area contributed by atoms with Crippen molar-refractivity contribution in [2.24, 2.45) is 0 Å². The van der Waals surface area contributed by atoms with E-state index in [4.69, 9.17) is 4.42 Å². The normalized spacial score (nSPS) is 10.3. The van der Waals surface area contributed by atoms with Gasteiger partial charge in [0.1, 0.15) is 6.26 Å². The highest BCUT2D eigenvalue weighted by molar-refractivity contribution is 6.04. The van der Waals surface area contributed by atoms with Crippen LogP contribution in [0, 0.1) is 6.92 Å². The van der Waals surface area contributed by atoms with Gasteiger partial charge in [0.25, 0.3) is 5.91 Å². The van der Waals surface area contributed by atoms with E-state index in [-0.39, 0.29) is 5.91 Å². The highest BCUT2D eigenvalue weighted by Crippen LogP contribution is 2.25. The lowest BCUT2D eigenvalue weighted by atomic mass is 10.1. The summed E-state index contributed by atoms with van der Waals surface area (Å²) in [4.78, 5) is 20.2. The van der Waals surface area contributed by atoms with Crippen molar-refractivity contribution >= 4 is 11.6 Å². The molecule has 1 aromatic carbocycles. The van der Waals surface area contributed by atoms with E-state index in [1.165, 1.54) is 6.26 Å². The summed E-state index contributed by atoms with van der Waals surface area (Å²) in [6.07, 6.45) is 6.29. The first-order valence-corrected chi connectivity index (χ1v) is 6.46. The minimum Gasteiger partial charge on any atom is -0.445 e. The predicted octanol–water partition coefficient (Wildman–Crippen LogP) is 3.30. The molecule has 5 heteroatoms. The van der Waals surface area contributed by atoms with E-state index in [9.17, 15) is 4.79 Å². The highest BCUT2D eigenvalue weighted by atomic mass is 16.3. The number of carbonyl (C=O) groups excluding carboxylic acids is 1. The zero-order valence-corrected chi connectivity index (χ0v) is 11.4. The van der Waals surface area contributed by atoms with Gasteiger partial charge in [0.2, 0.25) is 5.89 Å². The average Bonchev–Trinajstić information content (AvgIpc) is 3.04. The van der Waals surface area contributed by atoms with Crippen molar-refractivity contribution in [1.82, 2.24) is 9.97 Å². The molecule has 1 amide bonds. The zero-order valence-electron chi connectivity index (χ0n) is 11.4. The number of oxazole rings is 1. The van der Waals surface area contributed by atoms with Gasteiger partial charge >= 0.3 is 0 Å². The average molecular weight is 279 g/mol. The Hall–Kier alpha value is -2.95. The number of nitrogens with one attached hydrogen (secondary N) is 1. The van der Waals surface area contributed by atoms with Gasteiger partial charge < -0.3 is 9.73 Å². The standard InChI is InChI=1S/C16H13N3O2/c1-11-2-3-13(10-14(11)16-18-8-9-21-16)19-15(20)12-4-6-17-7-5-12/h2-10H,1H3,(H,19,20). The molecule has 0 radical (unpaired) electrons. The molecule has 0 aliphatic carbocycles. The fourth-order valence-electron chi connectivity index (χ4n) is 1.99. The Morgan fingerprint density at radius 1 is 1.14 bits per heavy atom. The van der Waals surface area contributed by atoms with E-state index in [0.29, 0.717) is 17.1 Å². The van der Waals surface area contributed by atoms with Crippen LogP contribution in [0.25, 0.3) is 11.5 Å². The molecule has 3 rings (SSSR count). The van der Waals surface area contributed by atoms with Gasteiger partial charge in [0.05, 0.1) is 6.20 Å². The molecule has 0 saturated heterocycles. The second kappa shape index (κ2) is 5.58. The van der Waals surface area contributed by atoms with Gasteiger partial charge in [-0.3, -0.25) is 9.78 Å². The number of aromatic nitrogens is 2. The molecule has 0 aliphatic heterocycles.